The van der Waals surface area contributed by atoms with E-state index in [9.17, 15) is 18.0 Å². The zero-order valence-corrected chi connectivity index (χ0v) is 13.7. The van der Waals surface area contributed by atoms with Crippen LogP contribution in [0.15, 0.2) is 29.1 Å². The number of pyridine rings is 1. The molecule has 4 N–H and O–H groups in total. The molecule has 2 heterocycles. The Hall–Kier alpha value is -1.97. The van der Waals surface area contributed by atoms with E-state index in [-0.39, 0.29) is 12.5 Å². The minimum absolute atomic E-state index is 0.194. The molecule has 0 spiro atoms. The Morgan fingerprint density at radius 3 is 2.72 bits per heavy atom. The van der Waals surface area contributed by atoms with Crippen molar-refractivity contribution in [3.05, 3.63) is 40.3 Å². The van der Waals surface area contributed by atoms with Crippen molar-refractivity contribution in [2.45, 2.75) is 18.7 Å². The van der Waals surface area contributed by atoms with E-state index in [2.05, 4.69) is 10.3 Å². The van der Waals surface area contributed by atoms with Gasteiger partial charge in [-0.05, 0) is 11.6 Å². The molecule has 1 aromatic heterocycles. The Balaban J connectivity index is 2.04. The van der Waals surface area contributed by atoms with Gasteiger partial charge in [0.25, 0.3) is 0 Å². The normalized spacial score (nSPS) is 19.3. The molecule has 1 atom stereocenters. The molecule has 0 bridgehead atoms. The first-order valence-electron chi connectivity index (χ1n) is 7.32. The third kappa shape index (κ3) is 5.00. The molecule has 0 radical (unpaired) electrons. The summed E-state index contributed by atoms with van der Waals surface area (Å²) in [6, 6.07) is 3.28. The summed E-state index contributed by atoms with van der Waals surface area (Å²) in [5, 5.41) is 9.55. The number of carbonyl (C=O) groups is 1. The first-order valence-corrected chi connectivity index (χ1v) is 7.69. The number of hydrogen-bond acceptors (Lipinski definition) is 6. The first-order chi connectivity index (χ1) is 11.7. The second kappa shape index (κ2) is 7.94. The Labute approximate surface area is 146 Å². The standard InChI is InChI=1S/C15H16ClF3N4O2/c16-12(14(21)15(17,18)19)13(20)10(24)5-8-1-2-9(23-6-8)11-7-22-3-4-25-11/h1-2,6,11,20,22H,3-5,7,21H2/t11-/m1/s1. The Morgan fingerprint density at radius 1 is 1.48 bits per heavy atom. The highest BCUT2D eigenvalue weighted by atomic mass is 35.5. The molecule has 0 aliphatic carbocycles. The van der Waals surface area contributed by atoms with E-state index in [4.69, 9.17) is 27.5 Å². The van der Waals surface area contributed by atoms with E-state index in [1.54, 1.807) is 12.1 Å². The largest absolute Gasteiger partial charge is 0.432 e. The number of alkyl halides is 3. The van der Waals surface area contributed by atoms with E-state index in [1.165, 1.54) is 6.20 Å². The molecule has 136 valence electrons. The molecule has 1 aromatic rings. The lowest BCUT2D eigenvalue weighted by atomic mass is 10.1. The number of nitrogens with two attached hydrogens (primary N) is 1. The van der Waals surface area contributed by atoms with E-state index in [0.717, 1.165) is 6.54 Å². The fourth-order valence-electron chi connectivity index (χ4n) is 2.14. The summed E-state index contributed by atoms with van der Waals surface area (Å²) in [6.07, 6.45) is -3.98. The van der Waals surface area contributed by atoms with Crippen LogP contribution in [0.3, 0.4) is 0 Å². The third-order valence-corrected chi connectivity index (χ3v) is 3.90. The number of morpholine rings is 1. The van der Waals surface area contributed by atoms with Crippen molar-refractivity contribution in [1.82, 2.24) is 10.3 Å². The number of allylic oxidation sites excluding steroid dienone is 2. The molecule has 6 nitrogen and oxygen atoms in total. The quantitative estimate of drug-likeness (QED) is 0.681. The Kier molecular flexibility index (Phi) is 6.15. The number of carbonyl (C=O) groups excluding carboxylic acids is 1. The fourth-order valence-corrected chi connectivity index (χ4v) is 2.35. The van der Waals surface area contributed by atoms with Crippen LogP contribution in [0.1, 0.15) is 17.4 Å². The summed E-state index contributed by atoms with van der Waals surface area (Å²) in [5.41, 5.74) is 3.30. The minimum Gasteiger partial charge on any atom is -0.393 e. The minimum atomic E-state index is -4.90. The second-order valence-electron chi connectivity index (χ2n) is 5.36. The first kappa shape index (κ1) is 19.4. The average Bonchev–Trinajstić information content (AvgIpc) is 2.60. The lowest BCUT2D eigenvalue weighted by Crippen LogP contribution is -2.33. The number of ketones is 1. The molecule has 25 heavy (non-hydrogen) atoms. The van der Waals surface area contributed by atoms with Crippen LogP contribution in [-0.2, 0) is 16.0 Å². The van der Waals surface area contributed by atoms with Crippen molar-refractivity contribution in [2.75, 3.05) is 19.7 Å². The van der Waals surface area contributed by atoms with Crippen LogP contribution >= 0.6 is 11.6 Å². The van der Waals surface area contributed by atoms with Crippen molar-refractivity contribution in [3.63, 3.8) is 0 Å². The molecule has 10 heteroatoms. The SMILES string of the molecule is N=C(C(=O)Cc1ccc([C@H]2CNCCO2)nc1)C(Cl)=C(N)C(F)(F)F. The molecule has 1 saturated heterocycles. The maximum atomic E-state index is 12.5. The summed E-state index contributed by atoms with van der Waals surface area (Å²) in [7, 11) is 0. The highest BCUT2D eigenvalue weighted by Gasteiger charge is 2.35. The molecule has 0 aromatic carbocycles. The van der Waals surface area contributed by atoms with Crippen molar-refractivity contribution in [2.24, 2.45) is 5.73 Å². The fraction of sp³-hybridized carbons (Fsp3) is 0.400. The van der Waals surface area contributed by atoms with Crippen LogP contribution in [0, 0.1) is 5.41 Å². The highest BCUT2D eigenvalue weighted by molar-refractivity contribution is 6.59. The van der Waals surface area contributed by atoms with Gasteiger partial charge in [0.2, 0.25) is 0 Å². The molecule has 1 aliphatic rings. The van der Waals surface area contributed by atoms with Crippen LogP contribution < -0.4 is 11.1 Å². The summed E-state index contributed by atoms with van der Waals surface area (Å²) in [4.78, 5) is 16.1. The number of hydrogen-bond donors (Lipinski definition) is 3. The van der Waals surface area contributed by atoms with Gasteiger partial charge in [0.05, 0.1) is 17.3 Å². The van der Waals surface area contributed by atoms with Crippen molar-refractivity contribution in [3.8, 4) is 0 Å². The van der Waals surface area contributed by atoms with Gasteiger partial charge in [0.15, 0.2) is 5.78 Å². The van der Waals surface area contributed by atoms with E-state index < -0.39 is 28.4 Å². The van der Waals surface area contributed by atoms with Crippen molar-refractivity contribution >= 4 is 23.1 Å². The molecule has 0 amide bonds. The number of aromatic nitrogens is 1. The van der Waals surface area contributed by atoms with Crippen molar-refractivity contribution < 1.29 is 22.7 Å². The molecule has 1 aliphatic heterocycles. The zero-order valence-electron chi connectivity index (χ0n) is 13.0. The molecule has 1 fully saturated rings. The van der Waals surface area contributed by atoms with Gasteiger partial charge >= 0.3 is 6.18 Å². The van der Waals surface area contributed by atoms with Crippen LogP contribution in [-0.4, -0.2) is 42.4 Å². The zero-order chi connectivity index (χ0) is 18.6. The smallest absolute Gasteiger partial charge is 0.393 e. The van der Waals surface area contributed by atoms with Gasteiger partial charge in [-0.1, -0.05) is 17.7 Å². The number of rotatable bonds is 5. The van der Waals surface area contributed by atoms with Crippen molar-refractivity contribution in [1.29, 1.82) is 5.41 Å². The number of ether oxygens (including phenoxy) is 1. The summed E-state index contributed by atoms with van der Waals surface area (Å²) >= 11 is 5.40. The van der Waals surface area contributed by atoms with E-state index in [1.807, 2.05) is 0 Å². The summed E-state index contributed by atoms with van der Waals surface area (Å²) in [5.74, 6) is -0.887. The number of Topliss-reactive ketones (excluding diaryl/α,β-unsaturated/α-hetero) is 1. The molecular formula is C15H16ClF3N4O2. The summed E-state index contributed by atoms with van der Waals surface area (Å²) < 4.78 is 43.0. The van der Waals surface area contributed by atoms with Crippen LogP contribution in [0.5, 0.6) is 0 Å². The highest BCUT2D eigenvalue weighted by Crippen LogP contribution is 2.26. The van der Waals surface area contributed by atoms with Gasteiger partial charge in [0, 0.05) is 25.7 Å². The number of nitrogens with one attached hydrogen (secondary N) is 2. The summed E-state index contributed by atoms with van der Waals surface area (Å²) in [6.45, 7) is 1.95. The maximum Gasteiger partial charge on any atom is 0.432 e. The molecular weight excluding hydrogens is 361 g/mol. The molecule has 0 saturated carbocycles. The number of halogens is 4. The van der Waals surface area contributed by atoms with E-state index >= 15 is 0 Å². The Bertz CT molecular complexity index is 683. The van der Waals surface area contributed by atoms with Gasteiger partial charge in [-0.15, -0.1) is 0 Å². The van der Waals surface area contributed by atoms with Crippen LogP contribution in [0.4, 0.5) is 13.2 Å². The van der Waals surface area contributed by atoms with Crippen LogP contribution in [0.2, 0.25) is 0 Å². The topological polar surface area (TPSA) is 101 Å². The van der Waals surface area contributed by atoms with Gasteiger partial charge < -0.3 is 15.8 Å². The lowest BCUT2D eigenvalue weighted by molar-refractivity contribution is -0.112. The van der Waals surface area contributed by atoms with Gasteiger partial charge in [-0.25, -0.2) is 0 Å². The van der Waals surface area contributed by atoms with E-state index in [0.29, 0.717) is 24.4 Å². The molecule has 2 rings (SSSR count). The lowest BCUT2D eigenvalue weighted by Gasteiger charge is -2.23. The van der Waals surface area contributed by atoms with Crippen LogP contribution in [0.25, 0.3) is 0 Å². The van der Waals surface area contributed by atoms with Gasteiger partial charge in [-0.3, -0.25) is 15.2 Å². The predicted molar refractivity (Wildman–Crippen MR) is 85.4 cm³/mol. The predicted octanol–water partition coefficient (Wildman–Crippen LogP) is 1.85. The molecule has 0 unspecified atom stereocenters. The van der Waals surface area contributed by atoms with Gasteiger partial charge in [0.1, 0.15) is 17.5 Å². The average molecular weight is 377 g/mol. The Morgan fingerprint density at radius 2 is 2.20 bits per heavy atom. The second-order valence-corrected chi connectivity index (χ2v) is 5.73. The monoisotopic (exact) mass is 376 g/mol. The van der Waals surface area contributed by atoms with Gasteiger partial charge in [-0.2, -0.15) is 13.2 Å². The maximum absolute atomic E-state index is 12.5. The number of nitrogens with zero attached hydrogens (tertiary/aromatic N) is 1. The third-order valence-electron chi connectivity index (χ3n) is 3.51.